The highest BCUT2D eigenvalue weighted by molar-refractivity contribution is 7.82. The lowest BCUT2D eigenvalue weighted by molar-refractivity contribution is -0.111. The van der Waals surface area contributed by atoms with Crippen molar-refractivity contribution in [1.29, 1.82) is 0 Å². The van der Waals surface area contributed by atoms with Gasteiger partial charge in [0.1, 0.15) is 16.8 Å². The normalized spacial score (nSPS) is 16.1. The van der Waals surface area contributed by atoms with E-state index in [0.29, 0.717) is 18.8 Å². The number of nitrogens with one attached hydrogen (secondary N) is 1. The first-order valence-electron chi connectivity index (χ1n) is 8.45. The molecule has 0 saturated carbocycles. The molecule has 1 N–H and O–H groups in total. The van der Waals surface area contributed by atoms with Crippen LogP contribution >= 0.6 is 0 Å². The lowest BCUT2D eigenvalue weighted by Crippen LogP contribution is -2.47. The van der Waals surface area contributed by atoms with Crippen molar-refractivity contribution >= 4 is 28.4 Å². The number of amides is 1. The summed E-state index contributed by atoms with van der Waals surface area (Å²) < 4.78 is 14.7. The van der Waals surface area contributed by atoms with Crippen molar-refractivity contribution in [1.82, 2.24) is 9.29 Å². The molecule has 3 rings (SSSR count). The van der Waals surface area contributed by atoms with Gasteiger partial charge in [0.05, 0.1) is 4.90 Å². The van der Waals surface area contributed by atoms with Gasteiger partial charge < -0.3 is 10.2 Å². The minimum absolute atomic E-state index is 0.264. The van der Waals surface area contributed by atoms with Gasteiger partial charge in [-0.25, -0.2) is 13.5 Å². The largest absolute Gasteiger partial charge is 0.354 e. The Bertz CT molecular complexity index is 797. The van der Waals surface area contributed by atoms with Crippen LogP contribution < -0.4 is 10.2 Å². The fourth-order valence-corrected chi connectivity index (χ4v) is 3.89. The second-order valence-corrected chi connectivity index (χ2v) is 7.56. The Balaban J connectivity index is 1.58. The molecule has 6 nitrogen and oxygen atoms in total. The summed E-state index contributed by atoms with van der Waals surface area (Å²) in [4.78, 5) is 18.7. The van der Waals surface area contributed by atoms with Crippen molar-refractivity contribution in [2.24, 2.45) is 0 Å². The number of aromatic nitrogens is 1. The molecule has 2 heterocycles. The number of piperazine rings is 1. The first kappa shape index (κ1) is 18.3. The molecule has 1 unspecified atom stereocenters. The zero-order valence-corrected chi connectivity index (χ0v) is 15.5. The minimum atomic E-state index is -1.21. The van der Waals surface area contributed by atoms with E-state index < -0.39 is 11.0 Å². The maximum Gasteiger partial charge on any atom is 0.247 e. The van der Waals surface area contributed by atoms with E-state index in [-0.39, 0.29) is 5.91 Å². The van der Waals surface area contributed by atoms with Gasteiger partial charge in [0, 0.05) is 38.1 Å². The summed E-state index contributed by atoms with van der Waals surface area (Å²) in [5.74, 6) is 0.697. The van der Waals surface area contributed by atoms with Crippen LogP contribution in [-0.4, -0.2) is 45.6 Å². The molecule has 1 aromatic carbocycles. The van der Waals surface area contributed by atoms with E-state index in [1.807, 2.05) is 23.5 Å². The Morgan fingerprint density at radius 1 is 1.15 bits per heavy atom. The fraction of sp³-hybridized carbons (Fsp3) is 0.263. The molecule has 26 heavy (non-hydrogen) atoms. The van der Waals surface area contributed by atoms with Gasteiger partial charge in [-0.3, -0.25) is 4.79 Å². The van der Waals surface area contributed by atoms with Crippen LogP contribution in [0, 0.1) is 6.92 Å². The van der Waals surface area contributed by atoms with Crippen molar-refractivity contribution in [3.8, 4) is 0 Å². The van der Waals surface area contributed by atoms with E-state index in [1.54, 1.807) is 24.3 Å². The van der Waals surface area contributed by atoms with E-state index in [2.05, 4.69) is 27.8 Å². The Labute approximate surface area is 156 Å². The number of benzene rings is 1. The molecule has 1 atom stereocenters. The first-order chi connectivity index (χ1) is 12.6. The third-order valence-electron chi connectivity index (χ3n) is 4.20. The van der Waals surface area contributed by atoms with Crippen molar-refractivity contribution in [2.75, 3.05) is 36.4 Å². The van der Waals surface area contributed by atoms with E-state index in [4.69, 9.17) is 0 Å². The van der Waals surface area contributed by atoms with Gasteiger partial charge in [-0.1, -0.05) is 12.6 Å². The van der Waals surface area contributed by atoms with Gasteiger partial charge >= 0.3 is 0 Å². The predicted octanol–water partition coefficient (Wildman–Crippen LogP) is 2.36. The number of carbonyl (C=O) groups excluding carboxylic acids is 1. The number of anilines is 2. The molecule has 0 spiro atoms. The number of pyridine rings is 1. The van der Waals surface area contributed by atoms with Crippen molar-refractivity contribution < 1.29 is 9.00 Å². The van der Waals surface area contributed by atoms with Crippen molar-refractivity contribution in [3.63, 3.8) is 0 Å². The standard InChI is InChI=1S/C19H22N4O2S/c1-3-19(24)21-16-5-7-17(8-6-16)26(25)23-12-10-22(11-13-23)18-9-4-15(2)14-20-18/h3-9,14H,1,10-13H2,2H3,(H,21,24). The average molecular weight is 370 g/mol. The Hall–Kier alpha value is -2.51. The molecule has 7 heteroatoms. The summed E-state index contributed by atoms with van der Waals surface area (Å²) in [5, 5.41) is 2.68. The molecule has 1 aliphatic heterocycles. The fourth-order valence-electron chi connectivity index (χ4n) is 2.73. The van der Waals surface area contributed by atoms with E-state index in [1.165, 1.54) is 6.08 Å². The Kier molecular flexibility index (Phi) is 5.80. The van der Waals surface area contributed by atoms with Gasteiger partial charge in [0.25, 0.3) is 0 Å². The molecule has 1 saturated heterocycles. The molecule has 136 valence electrons. The second-order valence-electron chi connectivity index (χ2n) is 6.08. The van der Waals surface area contributed by atoms with Gasteiger partial charge in [-0.15, -0.1) is 0 Å². The van der Waals surface area contributed by atoms with Crippen molar-refractivity contribution in [3.05, 3.63) is 60.8 Å². The third kappa shape index (κ3) is 4.36. The summed E-state index contributed by atoms with van der Waals surface area (Å²) in [6, 6.07) is 11.1. The minimum Gasteiger partial charge on any atom is -0.354 e. The summed E-state index contributed by atoms with van der Waals surface area (Å²) in [6.45, 7) is 8.42. The Morgan fingerprint density at radius 2 is 1.85 bits per heavy atom. The van der Waals surface area contributed by atoms with E-state index >= 15 is 0 Å². The number of hydrogen-bond acceptors (Lipinski definition) is 4. The zero-order chi connectivity index (χ0) is 18.5. The molecule has 0 aliphatic carbocycles. The lowest BCUT2D eigenvalue weighted by Gasteiger charge is -2.34. The number of rotatable bonds is 5. The second kappa shape index (κ2) is 8.25. The van der Waals surface area contributed by atoms with Gasteiger partial charge in [-0.2, -0.15) is 0 Å². The smallest absolute Gasteiger partial charge is 0.247 e. The lowest BCUT2D eigenvalue weighted by atomic mass is 10.3. The van der Waals surface area contributed by atoms with Gasteiger partial charge in [0.15, 0.2) is 0 Å². The molecule has 0 bridgehead atoms. The van der Waals surface area contributed by atoms with Crippen LogP contribution in [0.5, 0.6) is 0 Å². The zero-order valence-electron chi connectivity index (χ0n) is 14.7. The quantitative estimate of drug-likeness (QED) is 0.821. The van der Waals surface area contributed by atoms with Crippen molar-refractivity contribution in [2.45, 2.75) is 11.8 Å². The molecular weight excluding hydrogens is 348 g/mol. The predicted molar refractivity (Wildman–Crippen MR) is 104 cm³/mol. The molecule has 2 aromatic rings. The average Bonchev–Trinajstić information content (AvgIpc) is 2.68. The van der Waals surface area contributed by atoms with E-state index in [9.17, 15) is 9.00 Å². The number of carbonyl (C=O) groups is 1. The van der Waals surface area contributed by atoms with Crippen LogP contribution in [0.1, 0.15) is 5.56 Å². The molecule has 0 radical (unpaired) electrons. The summed E-state index contributed by atoms with van der Waals surface area (Å²) >= 11 is 0. The van der Waals surface area contributed by atoms with Crippen LogP contribution in [0.4, 0.5) is 11.5 Å². The molecule has 1 aliphatic rings. The van der Waals surface area contributed by atoms with Crippen LogP contribution in [-0.2, 0) is 15.8 Å². The third-order valence-corrected chi connectivity index (χ3v) is 5.71. The summed E-state index contributed by atoms with van der Waals surface area (Å²) in [5.41, 5.74) is 1.80. The highest BCUT2D eigenvalue weighted by Crippen LogP contribution is 2.19. The topological polar surface area (TPSA) is 65.5 Å². The highest BCUT2D eigenvalue weighted by atomic mass is 32.2. The van der Waals surface area contributed by atoms with Crippen LogP contribution in [0.25, 0.3) is 0 Å². The van der Waals surface area contributed by atoms with Crippen LogP contribution in [0.3, 0.4) is 0 Å². The molecule has 1 fully saturated rings. The van der Waals surface area contributed by atoms with E-state index in [0.717, 1.165) is 29.4 Å². The molecule has 1 amide bonds. The maximum absolute atomic E-state index is 12.8. The van der Waals surface area contributed by atoms with Gasteiger partial charge in [0.2, 0.25) is 5.91 Å². The van der Waals surface area contributed by atoms with Crippen LogP contribution in [0.2, 0.25) is 0 Å². The summed E-state index contributed by atoms with van der Waals surface area (Å²) in [6.07, 6.45) is 3.08. The highest BCUT2D eigenvalue weighted by Gasteiger charge is 2.22. The number of aryl methyl sites for hydroxylation is 1. The van der Waals surface area contributed by atoms with Crippen LogP contribution in [0.15, 0.2) is 60.1 Å². The number of hydrogen-bond donors (Lipinski definition) is 1. The summed E-state index contributed by atoms with van der Waals surface area (Å²) in [7, 11) is -1.21. The maximum atomic E-state index is 12.8. The molecular formula is C19H22N4O2S. The first-order valence-corrected chi connectivity index (χ1v) is 9.55. The SMILES string of the molecule is C=CC(=O)Nc1ccc(S(=O)N2CCN(c3ccc(C)cn3)CC2)cc1. The number of nitrogens with zero attached hydrogens (tertiary/aromatic N) is 3. The Morgan fingerprint density at radius 3 is 2.42 bits per heavy atom. The monoisotopic (exact) mass is 370 g/mol. The molecule has 1 aromatic heterocycles. The van der Waals surface area contributed by atoms with Gasteiger partial charge in [-0.05, 0) is 48.9 Å².